The number of hydrogen-bond donors (Lipinski definition) is 0. The first-order valence-electron chi connectivity index (χ1n) is 8.70. The lowest BCUT2D eigenvalue weighted by molar-refractivity contribution is 0.100. The van der Waals surface area contributed by atoms with E-state index >= 15 is 0 Å². The number of benzene rings is 3. The molecule has 0 aliphatic heterocycles. The van der Waals surface area contributed by atoms with Crippen molar-refractivity contribution in [2.24, 2.45) is 0 Å². The highest BCUT2D eigenvalue weighted by atomic mass is 32.2. The number of anilines is 1. The Balaban J connectivity index is 2.19. The quantitative estimate of drug-likeness (QED) is 0.644. The van der Waals surface area contributed by atoms with Gasteiger partial charge in [0.05, 0.1) is 17.7 Å². The van der Waals surface area contributed by atoms with Gasteiger partial charge in [0.1, 0.15) is 5.75 Å². The number of rotatable bonds is 5. The summed E-state index contributed by atoms with van der Waals surface area (Å²) in [5.74, 6) is -0.0408. The fourth-order valence-electron chi connectivity index (χ4n) is 2.83. The summed E-state index contributed by atoms with van der Waals surface area (Å²) in [6.45, 7) is 3.64. The van der Waals surface area contributed by atoms with Crippen molar-refractivity contribution in [2.45, 2.75) is 18.7 Å². The predicted molar refractivity (Wildman–Crippen MR) is 109 cm³/mol. The van der Waals surface area contributed by atoms with E-state index in [2.05, 4.69) is 0 Å². The number of carbonyl (C=O) groups is 1. The van der Waals surface area contributed by atoms with E-state index in [0.717, 1.165) is 9.87 Å². The summed E-state index contributed by atoms with van der Waals surface area (Å²) in [4.78, 5) is 13.4. The molecule has 0 N–H and O–H groups in total. The van der Waals surface area contributed by atoms with Crippen LogP contribution in [-0.2, 0) is 10.0 Å². The van der Waals surface area contributed by atoms with E-state index in [4.69, 9.17) is 4.74 Å². The molecule has 5 nitrogen and oxygen atoms in total. The van der Waals surface area contributed by atoms with Gasteiger partial charge in [-0.15, -0.1) is 0 Å². The maximum Gasteiger partial charge on any atom is 0.272 e. The van der Waals surface area contributed by atoms with Crippen molar-refractivity contribution in [3.8, 4) is 5.75 Å². The Labute approximate surface area is 165 Å². The average Bonchev–Trinajstić information content (AvgIpc) is 2.71. The van der Waals surface area contributed by atoms with E-state index in [-0.39, 0.29) is 10.5 Å². The number of ether oxygens (including phenoxy) is 1. The predicted octanol–water partition coefficient (Wildman–Crippen LogP) is 4.35. The van der Waals surface area contributed by atoms with Gasteiger partial charge in [0.15, 0.2) is 0 Å². The zero-order valence-electron chi connectivity index (χ0n) is 15.9. The molecule has 0 spiro atoms. The molecule has 0 aliphatic rings. The fraction of sp³-hybridized carbons (Fsp3) is 0.136. The van der Waals surface area contributed by atoms with Gasteiger partial charge in [-0.3, -0.25) is 4.79 Å². The molecule has 0 fully saturated rings. The number of carbonyl (C=O) groups excluding carboxylic acids is 1. The number of hydrogen-bond acceptors (Lipinski definition) is 4. The zero-order chi connectivity index (χ0) is 20.3. The van der Waals surface area contributed by atoms with Gasteiger partial charge >= 0.3 is 0 Å². The number of aryl methyl sites for hydroxylation is 2. The van der Waals surface area contributed by atoms with Crippen LogP contribution in [0, 0.1) is 13.8 Å². The third-order valence-corrected chi connectivity index (χ3v) is 6.10. The van der Waals surface area contributed by atoms with Crippen LogP contribution in [0.2, 0.25) is 0 Å². The van der Waals surface area contributed by atoms with Crippen molar-refractivity contribution in [3.05, 3.63) is 89.5 Å². The van der Waals surface area contributed by atoms with Crippen molar-refractivity contribution in [2.75, 3.05) is 11.4 Å². The number of sulfonamides is 1. The second kappa shape index (κ2) is 7.86. The minimum Gasteiger partial charge on any atom is -0.497 e. The molecular formula is C22H21NO4S. The third kappa shape index (κ3) is 3.77. The van der Waals surface area contributed by atoms with Gasteiger partial charge in [0.2, 0.25) is 0 Å². The normalized spacial score (nSPS) is 11.1. The molecular weight excluding hydrogens is 374 g/mol. The van der Waals surface area contributed by atoms with Crippen molar-refractivity contribution in [1.82, 2.24) is 0 Å². The maximum absolute atomic E-state index is 13.4. The second-order valence-corrected chi connectivity index (χ2v) is 8.19. The van der Waals surface area contributed by atoms with Crippen LogP contribution in [0.3, 0.4) is 0 Å². The summed E-state index contributed by atoms with van der Waals surface area (Å²) in [5, 5.41) is 0. The average molecular weight is 395 g/mol. The fourth-order valence-corrected chi connectivity index (χ4v) is 4.33. The van der Waals surface area contributed by atoms with Crippen LogP contribution < -0.4 is 9.04 Å². The van der Waals surface area contributed by atoms with E-state index in [1.54, 1.807) is 61.5 Å². The van der Waals surface area contributed by atoms with Crippen LogP contribution in [0.5, 0.6) is 5.75 Å². The smallest absolute Gasteiger partial charge is 0.272 e. The lowest BCUT2D eigenvalue weighted by atomic mass is 10.1. The van der Waals surface area contributed by atoms with Crippen molar-refractivity contribution in [1.29, 1.82) is 0 Å². The van der Waals surface area contributed by atoms with Crippen LogP contribution in [0.25, 0.3) is 0 Å². The Morgan fingerprint density at radius 3 is 2.14 bits per heavy atom. The van der Waals surface area contributed by atoms with Gasteiger partial charge in [-0.25, -0.2) is 8.42 Å². The lowest BCUT2D eigenvalue weighted by Gasteiger charge is -2.25. The Morgan fingerprint density at radius 1 is 0.893 bits per heavy atom. The molecule has 0 atom stereocenters. The Hall–Kier alpha value is -3.12. The van der Waals surface area contributed by atoms with Crippen LogP contribution in [0.4, 0.5) is 5.69 Å². The van der Waals surface area contributed by atoms with E-state index < -0.39 is 15.9 Å². The Morgan fingerprint density at radius 2 is 1.54 bits per heavy atom. The van der Waals surface area contributed by atoms with Crippen LogP contribution >= 0.6 is 0 Å². The minimum atomic E-state index is -4.10. The molecule has 0 saturated heterocycles. The Bertz CT molecular complexity index is 1090. The summed E-state index contributed by atoms with van der Waals surface area (Å²) in [5.41, 5.74) is 2.13. The van der Waals surface area contributed by atoms with Crippen molar-refractivity contribution in [3.63, 3.8) is 0 Å². The summed E-state index contributed by atoms with van der Waals surface area (Å²) in [6.07, 6.45) is 0. The van der Waals surface area contributed by atoms with Crippen LogP contribution in [0.1, 0.15) is 21.5 Å². The molecule has 0 unspecified atom stereocenters. The monoisotopic (exact) mass is 395 g/mol. The molecule has 0 radical (unpaired) electrons. The summed E-state index contributed by atoms with van der Waals surface area (Å²) in [7, 11) is -2.58. The molecule has 3 aromatic carbocycles. The summed E-state index contributed by atoms with van der Waals surface area (Å²) in [6, 6.07) is 19.7. The first kappa shape index (κ1) is 19.6. The highest BCUT2D eigenvalue weighted by molar-refractivity contribution is 7.93. The van der Waals surface area contributed by atoms with E-state index in [1.165, 1.54) is 19.2 Å². The van der Waals surface area contributed by atoms with Crippen LogP contribution in [0.15, 0.2) is 77.7 Å². The molecule has 0 bridgehead atoms. The first-order chi connectivity index (χ1) is 13.3. The largest absolute Gasteiger partial charge is 0.497 e. The second-order valence-electron chi connectivity index (χ2n) is 6.41. The molecule has 3 rings (SSSR count). The van der Waals surface area contributed by atoms with Gasteiger partial charge in [-0.05, 0) is 67.4 Å². The molecule has 1 amide bonds. The highest BCUT2D eigenvalue weighted by Crippen LogP contribution is 2.30. The van der Waals surface area contributed by atoms with Gasteiger partial charge in [-0.2, -0.15) is 4.31 Å². The number of amides is 1. The van der Waals surface area contributed by atoms with E-state index in [1.807, 2.05) is 13.0 Å². The van der Waals surface area contributed by atoms with E-state index in [0.29, 0.717) is 17.0 Å². The first-order valence-corrected chi connectivity index (χ1v) is 10.1. The van der Waals surface area contributed by atoms with Crippen molar-refractivity contribution < 1.29 is 17.9 Å². The molecule has 144 valence electrons. The van der Waals surface area contributed by atoms with Crippen molar-refractivity contribution >= 4 is 21.6 Å². The van der Waals surface area contributed by atoms with Crippen LogP contribution in [-0.4, -0.2) is 21.4 Å². The van der Waals surface area contributed by atoms with Gasteiger partial charge in [0, 0.05) is 5.56 Å². The zero-order valence-corrected chi connectivity index (χ0v) is 16.7. The van der Waals surface area contributed by atoms with Gasteiger partial charge in [-0.1, -0.05) is 30.3 Å². The molecule has 3 aromatic rings. The molecule has 0 aromatic heterocycles. The maximum atomic E-state index is 13.4. The standard InChI is InChI=1S/C22H21NO4S/c1-16-9-10-17(2)21(15-16)23(28(25,26)20-7-5-4-6-8-20)22(24)18-11-13-19(27-3)14-12-18/h4-15H,1-3H3. The molecule has 0 aliphatic carbocycles. The summed E-state index contributed by atoms with van der Waals surface area (Å²) >= 11 is 0. The molecule has 0 saturated carbocycles. The highest BCUT2D eigenvalue weighted by Gasteiger charge is 2.32. The molecule has 6 heteroatoms. The third-order valence-electron chi connectivity index (χ3n) is 4.39. The summed E-state index contributed by atoms with van der Waals surface area (Å²) < 4.78 is 32.8. The number of methoxy groups -OCH3 is 1. The lowest BCUT2D eigenvalue weighted by Crippen LogP contribution is -2.37. The SMILES string of the molecule is COc1ccc(C(=O)N(c2cc(C)ccc2C)S(=O)(=O)c2ccccc2)cc1. The number of nitrogens with zero attached hydrogens (tertiary/aromatic N) is 1. The minimum absolute atomic E-state index is 0.0535. The molecule has 28 heavy (non-hydrogen) atoms. The van der Waals surface area contributed by atoms with Gasteiger partial charge < -0.3 is 4.74 Å². The Kier molecular flexibility index (Phi) is 5.51. The van der Waals surface area contributed by atoms with Gasteiger partial charge in [0.25, 0.3) is 15.9 Å². The van der Waals surface area contributed by atoms with E-state index in [9.17, 15) is 13.2 Å². The topological polar surface area (TPSA) is 63.7 Å². The molecule has 0 heterocycles.